The fourth-order valence-corrected chi connectivity index (χ4v) is 11.5. The van der Waals surface area contributed by atoms with Crippen LogP contribution in [0.2, 0.25) is 5.02 Å². The summed E-state index contributed by atoms with van der Waals surface area (Å²) in [5.74, 6) is 0. The summed E-state index contributed by atoms with van der Waals surface area (Å²) >= 11 is 7.31. The lowest BCUT2D eigenvalue weighted by Gasteiger charge is -2.18. The van der Waals surface area contributed by atoms with Crippen molar-refractivity contribution < 1.29 is 0 Å². The molecule has 0 radical (unpaired) electrons. The molecule has 0 saturated heterocycles. The Morgan fingerprint density at radius 1 is 0.237 bits per heavy atom. The molecular formula is C58H31Cl. The summed E-state index contributed by atoms with van der Waals surface area (Å²) in [4.78, 5) is 0. The van der Waals surface area contributed by atoms with Crippen molar-refractivity contribution in [2.24, 2.45) is 0 Å². The number of benzene rings is 11. The second-order valence-electron chi connectivity index (χ2n) is 16.3. The molecule has 270 valence electrons. The van der Waals surface area contributed by atoms with Gasteiger partial charge < -0.3 is 0 Å². The van der Waals surface area contributed by atoms with Gasteiger partial charge in [-0.2, -0.15) is 0 Å². The summed E-state index contributed by atoms with van der Waals surface area (Å²) in [6.45, 7) is 0. The first-order valence-electron chi connectivity index (χ1n) is 20.5. The second kappa shape index (κ2) is 11.4. The number of halogens is 1. The van der Waals surface area contributed by atoms with Crippen LogP contribution in [0.1, 0.15) is 0 Å². The van der Waals surface area contributed by atoms with E-state index >= 15 is 0 Å². The molecular weight excluding hydrogens is 732 g/mol. The molecule has 59 heavy (non-hydrogen) atoms. The molecule has 0 N–H and O–H groups in total. The quantitative estimate of drug-likeness (QED) is 0.168. The molecule has 13 aromatic rings. The van der Waals surface area contributed by atoms with Crippen molar-refractivity contribution in [2.75, 3.05) is 0 Å². The molecule has 0 aliphatic heterocycles. The van der Waals surface area contributed by atoms with Gasteiger partial charge in [-0.3, -0.25) is 0 Å². The summed E-state index contributed by atoms with van der Waals surface area (Å²) in [6, 6.07) is 70.0. The predicted molar refractivity (Wildman–Crippen MR) is 255 cm³/mol. The van der Waals surface area contributed by atoms with Crippen LogP contribution < -0.4 is 0 Å². The molecule has 0 amide bonds. The standard InChI is InChI=1S/C58H31Cl/c59-51-25-7-6-18-44(51)56-50-31-48-42-20-9-15-32-14-8-19-41(52(32)42)47(48)30-49(50)53(33-12-2-1-3-13-33)57-45-24-11-23-40-37(27-29-46(55(40)45)58(56)57)36-26-28-43-35-17-5-4-16-34(35)38-21-10-22-39(36)54(38)43/h1-31H. The molecule has 0 fully saturated rings. The fraction of sp³-hybridized carbons (Fsp3) is 0. The number of hydrogen-bond donors (Lipinski definition) is 0. The van der Waals surface area contributed by atoms with Crippen molar-refractivity contribution in [1.29, 1.82) is 0 Å². The smallest absolute Gasteiger partial charge is 0.0484 e. The van der Waals surface area contributed by atoms with Gasteiger partial charge in [0.15, 0.2) is 0 Å². The second-order valence-corrected chi connectivity index (χ2v) is 16.7. The van der Waals surface area contributed by atoms with E-state index in [-0.39, 0.29) is 0 Å². The molecule has 0 unspecified atom stereocenters. The molecule has 0 atom stereocenters. The van der Waals surface area contributed by atoms with Gasteiger partial charge in [0.1, 0.15) is 0 Å². The van der Waals surface area contributed by atoms with Crippen LogP contribution in [0.15, 0.2) is 188 Å². The van der Waals surface area contributed by atoms with Crippen molar-refractivity contribution in [3.8, 4) is 55.6 Å². The Morgan fingerprint density at radius 3 is 1.46 bits per heavy atom. The van der Waals surface area contributed by atoms with Gasteiger partial charge >= 0.3 is 0 Å². The Kier molecular flexibility index (Phi) is 6.17. The van der Waals surface area contributed by atoms with Gasteiger partial charge in [0.05, 0.1) is 0 Å². The van der Waals surface area contributed by atoms with Crippen LogP contribution in [-0.2, 0) is 0 Å². The maximum atomic E-state index is 7.31. The zero-order chi connectivity index (χ0) is 38.5. The van der Waals surface area contributed by atoms with E-state index in [0.717, 1.165) is 10.6 Å². The van der Waals surface area contributed by atoms with E-state index in [0.29, 0.717) is 0 Å². The first kappa shape index (κ1) is 31.8. The Morgan fingerprint density at radius 2 is 0.729 bits per heavy atom. The molecule has 13 aromatic carbocycles. The third-order valence-electron chi connectivity index (χ3n) is 13.6. The molecule has 0 nitrogen and oxygen atoms in total. The highest BCUT2D eigenvalue weighted by Gasteiger charge is 2.28. The lowest BCUT2D eigenvalue weighted by atomic mass is 9.85. The average Bonchev–Trinajstić information content (AvgIpc) is 3.91. The van der Waals surface area contributed by atoms with E-state index in [1.807, 2.05) is 12.1 Å². The monoisotopic (exact) mass is 762 g/mol. The van der Waals surface area contributed by atoms with Gasteiger partial charge in [-0.1, -0.05) is 181 Å². The number of hydrogen-bond acceptors (Lipinski definition) is 0. The van der Waals surface area contributed by atoms with Crippen molar-refractivity contribution >= 4 is 97.8 Å². The van der Waals surface area contributed by atoms with Gasteiger partial charge in [0, 0.05) is 10.6 Å². The Bertz CT molecular complexity index is 3910. The highest BCUT2D eigenvalue weighted by molar-refractivity contribution is 6.44. The normalized spacial score (nSPS) is 12.5. The van der Waals surface area contributed by atoms with Crippen LogP contribution in [-0.4, -0.2) is 0 Å². The van der Waals surface area contributed by atoms with Crippen LogP contribution in [0.25, 0.3) is 142 Å². The van der Waals surface area contributed by atoms with E-state index in [1.54, 1.807) is 0 Å². The van der Waals surface area contributed by atoms with Crippen LogP contribution in [0.5, 0.6) is 0 Å². The van der Waals surface area contributed by atoms with Crippen molar-refractivity contribution in [3.05, 3.63) is 193 Å². The molecule has 0 spiro atoms. The lowest BCUT2D eigenvalue weighted by Crippen LogP contribution is -1.90. The van der Waals surface area contributed by atoms with Crippen molar-refractivity contribution in [3.63, 3.8) is 0 Å². The van der Waals surface area contributed by atoms with Gasteiger partial charge in [-0.05, 0) is 154 Å². The molecule has 0 aromatic heterocycles. The Labute approximate surface area is 344 Å². The topological polar surface area (TPSA) is 0 Å². The average molecular weight is 763 g/mol. The molecule has 1 aliphatic rings. The van der Waals surface area contributed by atoms with E-state index in [2.05, 4.69) is 176 Å². The zero-order valence-electron chi connectivity index (χ0n) is 31.8. The van der Waals surface area contributed by atoms with Crippen LogP contribution in [0.4, 0.5) is 0 Å². The molecule has 0 bridgehead atoms. The minimum Gasteiger partial charge on any atom is -0.0837 e. The van der Waals surface area contributed by atoms with E-state index in [9.17, 15) is 0 Å². The number of fused-ring (bicyclic) bond motifs is 10. The SMILES string of the molecule is Clc1ccccc1-c1c2cc3c(cc2c(-c2ccccc2)c2c4cccc5c(-c6ccc7c8c(cccc68)-c6ccccc6-7)ccc(c12)c54)c1cccc2cccc3c21. The lowest BCUT2D eigenvalue weighted by molar-refractivity contribution is 1.67. The Balaban J connectivity index is 1.18. The number of rotatable bonds is 3. The maximum absolute atomic E-state index is 7.31. The first-order chi connectivity index (χ1) is 29.2. The zero-order valence-corrected chi connectivity index (χ0v) is 32.5. The van der Waals surface area contributed by atoms with Gasteiger partial charge in [0.2, 0.25) is 0 Å². The fourth-order valence-electron chi connectivity index (χ4n) is 11.3. The minimum absolute atomic E-state index is 0.757. The summed E-state index contributed by atoms with van der Waals surface area (Å²) < 4.78 is 0. The van der Waals surface area contributed by atoms with Gasteiger partial charge in [-0.25, -0.2) is 0 Å². The highest BCUT2D eigenvalue weighted by atomic mass is 35.5. The molecule has 1 heteroatoms. The van der Waals surface area contributed by atoms with Crippen molar-refractivity contribution in [2.45, 2.75) is 0 Å². The van der Waals surface area contributed by atoms with Crippen LogP contribution in [0, 0.1) is 0 Å². The predicted octanol–water partition coefficient (Wildman–Crippen LogP) is 17.1. The van der Waals surface area contributed by atoms with Crippen LogP contribution >= 0.6 is 11.6 Å². The molecule has 14 rings (SSSR count). The largest absolute Gasteiger partial charge is 0.0837 e. The van der Waals surface area contributed by atoms with E-state index in [4.69, 9.17) is 11.6 Å². The van der Waals surface area contributed by atoms with E-state index < -0.39 is 0 Å². The summed E-state index contributed by atoms with van der Waals surface area (Å²) in [5, 5.41) is 21.3. The molecule has 0 heterocycles. The summed E-state index contributed by atoms with van der Waals surface area (Å²) in [6.07, 6.45) is 0. The maximum Gasteiger partial charge on any atom is 0.0484 e. The third kappa shape index (κ3) is 4.04. The summed E-state index contributed by atoms with van der Waals surface area (Å²) in [5.41, 5.74) is 12.5. The molecule has 1 aliphatic carbocycles. The molecule has 0 saturated carbocycles. The van der Waals surface area contributed by atoms with Gasteiger partial charge in [-0.15, -0.1) is 0 Å². The van der Waals surface area contributed by atoms with E-state index in [1.165, 1.54) is 136 Å². The Hall–Kier alpha value is -7.25. The van der Waals surface area contributed by atoms with Crippen LogP contribution in [0.3, 0.4) is 0 Å². The summed E-state index contributed by atoms with van der Waals surface area (Å²) in [7, 11) is 0. The van der Waals surface area contributed by atoms with Gasteiger partial charge in [0.25, 0.3) is 0 Å². The minimum atomic E-state index is 0.757. The van der Waals surface area contributed by atoms with Crippen molar-refractivity contribution in [1.82, 2.24) is 0 Å². The first-order valence-corrected chi connectivity index (χ1v) is 20.8. The highest BCUT2D eigenvalue weighted by Crippen LogP contribution is 2.56. The third-order valence-corrected chi connectivity index (χ3v) is 13.9.